The van der Waals surface area contributed by atoms with Gasteiger partial charge in [0, 0.05) is 51.1 Å². The van der Waals surface area contributed by atoms with E-state index in [-0.39, 0.29) is 30.4 Å². The molecule has 0 aliphatic carbocycles. The van der Waals surface area contributed by atoms with Crippen molar-refractivity contribution < 1.29 is 14.4 Å². The Kier molecular flexibility index (Phi) is 7.73. The molecule has 0 aromatic heterocycles. The number of Topliss-reactive ketones (excluding diaryl/α,β-unsaturated/α-hetero) is 1. The van der Waals surface area contributed by atoms with E-state index >= 15 is 0 Å². The summed E-state index contributed by atoms with van der Waals surface area (Å²) in [5, 5.41) is 2.75. The molecule has 1 N–H and O–H groups in total. The normalized spacial score (nSPS) is 14.7. The first-order chi connectivity index (χ1) is 12.9. The van der Waals surface area contributed by atoms with Crippen molar-refractivity contribution in [3.63, 3.8) is 0 Å². The minimum Gasteiger partial charge on any atom is -0.352 e. The highest BCUT2D eigenvalue weighted by Gasteiger charge is 2.23. The van der Waals surface area contributed by atoms with Gasteiger partial charge in [-0.1, -0.05) is 23.8 Å². The summed E-state index contributed by atoms with van der Waals surface area (Å²) in [6, 6.07) is 5.81. The lowest BCUT2D eigenvalue weighted by Crippen LogP contribution is -2.51. The van der Waals surface area contributed by atoms with E-state index < -0.39 is 0 Å². The maximum absolute atomic E-state index is 12.4. The van der Waals surface area contributed by atoms with E-state index in [1.165, 1.54) is 0 Å². The van der Waals surface area contributed by atoms with Crippen molar-refractivity contribution in [3.05, 3.63) is 47.5 Å². The summed E-state index contributed by atoms with van der Waals surface area (Å²) in [4.78, 5) is 40.4. The number of carbonyl (C=O) groups excluding carboxylic acids is 3. The number of benzene rings is 1. The average Bonchev–Trinajstić information content (AvgIpc) is 2.66. The van der Waals surface area contributed by atoms with E-state index in [2.05, 4.69) is 11.9 Å². The zero-order valence-corrected chi connectivity index (χ0v) is 16.3. The smallest absolute Gasteiger partial charge is 0.234 e. The van der Waals surface area contributed by atoms with Gasteiger partial charge in [-0.2, -0.15) is 0 Å². The zero-order chi connectivity index (χ0) is 19.8. The lowest BCUT2D eigenvalue weighted by atomic mass is 9.99. The molecule has 1 aliphatic heterocycles. The van der Waals surface area contributed by atoms with Crippen molar-refractivity contribution in [1.29, 1.82) is 0 Å². The molecule has 0 radical (unpaired) electrons. The van der Waals surface area contributed by atoms with Gasteiger partial charge >= 0.3 is 0 Å². The summed E-state index contributed by atoms with van der Waals surface area (Å²) < 4.78 is 0. The van der Waals surface area contributed by atoms with Crippen LogP contribution in [0.3, 0.4) is 0 Å². The molecule has 1 aromatic carbocycles. The third-order valence-corrected chi connectivity index (χ3v) is 4.80. The van der Waals surface area contributed by atoms with E-state index in [1.807, 2.05) is 36.9 Å². The van der Waals surface area contributed by atoms with Gasteiger partial charge in [-0.15, -0.1) is 6.58 Å². The van der Waals surface area contributed by atoms with Crippen LogP contribution >= 0.6 is 0 Å². The van der Waals surface area contributed by atoms with Crippen LogP contribution in [0.5, 0.6) is 0 Å². The molecule has 27 heavy (non-hydrogen) atoms. The highest BCUT2D eigenvalue weighted by molar-refractivity contribution is 5.99. The van der Waals surface area contributed by atoms with Gasteiger partial charge in [0.2, 0.25) is 11.8 Å². The second-order valence-electron chi connectivity index (χ2n) is 6.99. The third-order valence-electron chi connectivity index (χ3n) is 4.80. The van der Waals surface area contributed by atoms with Gasteiger partial charge in [-0.05, 0) is 25.5 Å². The van der Waals surface area contributed by atoms with Crippen LogP contribution in [-0.2, 0) is 9.59 Å². The summed E-state index contributed by atoms with van der Waals surface area (Å²) in [5.41, 5.74) is 2.70. The molecule has 0 atom stereocenters. The topological polar surface area (TPSA) is 69.7 Å². The predicted octanol–water partition coefficient (Wildman–Crippen LogP) is 1.71. The Bertz CT molecular complexity index is 707. The number of nitrogens with one attached hydrogen (secondary N) is 1. The molecule has 1 aromatic rings. The maximum atomic E-state index is 12.4. The van der Waals surface area contributed by atoms with Crippen LogP contribution in [-0.4, -0.2) is 66.7 Å². The Balaban J connectivity index is 1.76. The molecule has 1 aliphatic rings. The predicted molar refractivity (Wildman–Crippen MR) is 106 cm³/mol. The van der Waals surface area contributed by atoms with Crippen molar-refractivity contribution in [2.24, 2.45) is 0 Å². The fourth-order valence-electron chi connectivity index (χ4n) is 3.15. The van der Waals surface area contributed by atoms with Gasteiger partial charge in [-0.3, -0.25) is 19.3 Å². The van der Waals surface area contributed by atoms with Crippen molar-refractivity contribution in [3.8, 4) is 0 Å². The number of amides is 2. The number of rotatable bonds is 8. The Morgan fingerprint density at radius 3 is 2.48 bits per heavy atom. The molecule has 6 heteroatoms. The zero-order valence-electron chi connectivity index (χ0n) is 16.3. The van der Waals surface area contributed by atoms with Crippen LogP contribution in [0.1, 0.15) is 34.3 Å². The second kappa shape index (κ2) is 10.0. The lowest BCUT2D eigenvalue weighted by Gasteiger charge is -2.34. The van der Waals surface area contributed by atoms with E-state index in [9.17, 15) is 14.4 Å². The molecule has 1 heterocycles. The van der Waals surface area contributed by atoms with E-state index in [1.54, 1.807) is 11.0 Å². The SMILES string of the molecule is C=CCNC(=O)CN1CCN(C(=O)CCC(=O)c2cc(C)ccc2C)CC1. The summed E-state index contributed by atoms with van der Waals surface area (Å²) in [6.45, 7) is 10.7. The maximum Gasteiger partial charge on any atom is 0.234 e. The molecule has 146 valence electrons. The first-order valence-electron chi connectivity index (χ1n) is 9.39. The van der Waals surface area contributed by atoms with Gasteiger partial charge in [0.05, 0.1) is 6.54 Å². The number of piperazine rings is 1. The summed E-state index contributed by atoms with van der Waals surface area (Å²) in [6.07, 6.45) is 2.10. The van der Waals surface area contributed by atoms with Crippen LogP contribution in [0.2, 0.25) is 0 Å². The molecule has 2 rings (SSSR count). The van der Waals surface area contributed by atoms with Gasteiger partial charge in [0.1, 0.15) is 0 Å². The van der Waals surface area contributed by atoms with Gasteiger partial charge < -0.3 is 10.2 Å². The Hall–Kier alpha value is -2.47. The largest absolute Gasteiger partial charge is 0.352 e. The number of carbonyl (C=O) groups is 3. The van der Waals surface area contributed by atoms with Gasteiger partial charge in [0.15, 0.2) is 5.78 Å². The van der Waals surface area contributed by atoms with Crippen molar-refractivity contribution in [2.45, 2.75) is 26.7 Å². The minimum atomic E-state index is -0.0335. The minimum absolute atomic E-state index is 0.00409. The van der Waals surface area contributed by atoms with Crippen LogP contribution in [0, 0.1) is 13.8 Å². The summed E-state index contributed by atoms with van der Waals surface area (Å²) >= 11 is 0. The monoisotopic (exact) mass is 371 g/mol. The Morgan fingerprint density at radius 1 is 1.11 bits per heavy atom. The first kappa shape index (κ1) is 20.8. The number of aryl methyl sites for hydroxylation is 2. The number of nitrogens with zero attached hydrogens (tertiary/aromatic N) is 2. The molecular weight excluding hydrogens is 342 g/mol. The molecule has 0 unspecified atom stereocenters. The number of ketones is 1. The highest BCUT2D eigenvalue weighted by Crippen LogP contribution is 2.15. The van der Waals surface area contributed by atoms with E-state index in [0.29, 0.717) is 44.8 Å². The van der Waals surface area contributed by atoms with Gasteiger partial charge in [-0.25, -0.2) is 0 Å². The van der Waals surface area contributed by atoms with Crippen LogP contribution in [0.25, 0.3) is 0 Å². The summed E-state index contributed by atoms with van der Waals surface area (Å²) in [5.74, 6) is -0.0136. The fourth-order valence-corrected chi connectivity index (χ4v) is 3.15. The molecule has 1 saturated heterocycles. The van der Waals surface area contributed by atoms with Crippen LogP contribution < -0.4 is 5.32 Å². The standard InChI is InChI=1S/C21H29N3O3/c1-4-9-22-20(26)15-23-10-12-24(13-11-23)21(27)8-7-19(25)18-14-16(2)5-6-17(18)3/h4-6,14H,1,7-13,15H2,2-3H3,(H,22,26). The molecular formula is C21H29N3O3. The molecule has 0 bridgehead atoms. The first-order valence-corrected chi connectivity index (χ1v) is 9.39. The van der Waals surface area contributed by atoms with Crippen molar-refractivity contribution in [1.82, 2.24) is 15.1 Å². The molecule has 2 amide bonds. The Morgan fingerprint density at radius 2 is 1.81 bits per heavy atom. The molecule has 1 fully saturated rings. The average molecular weight is 371 g/mol. The van der Waals surface area contributed by atoms with Gasteiger partial charge in [0.25, 0.3) is 0 Å². The molecule has 0 spiro atoms. The summed E-state index contributed by atoms with van der Waals surface area (Å²) in [7, 11) is 0. The Labute approximate surface area is 161 Å². The number of hydrogen-bond donors (Lipinski definition) is 1. The quantitative estimate of drug-likeness (QED) is 0.558. The van der Waals surface area contributed by atoms with Crippen LogP contribution in [0.4, 0.5) is 0 Å². The van der Waals surface area contributed by atoms with Crippen LogP contribution in [0.15, 0.2) is 30.9 Å². The lowest BCUT2D eigenvalue weighted by molar-refractivity contribution is -0.133. The van der Waals surface area contributed by atoms with Crippen molar-refractivity contribution in [2.75, 3.05) is 39.3 Å². The van der Waals surface area contributed by atoms with E-state index in [0.717, 1.165) is 11.1 Å². The fraction of sp³-hybridized carbons (Fsp3) is 0.476. The molecule has 0 saturated carbocycles. The third kappa shape index (κ3) is 6.32. The molecule has 6 nitrogen and oxygen atoms in total. The van der Waals surface area contributed by atoms with E-state index in [4.69, 9.17) is 0 Å². The number of hydrogen-bond acceptors (Lipinski definition) is 4. The highest BCUT2D eigenvalue weighted by atomic mass is 16.2. The van der Waals surface area contributed by atoms with Crippen molar-refractivity contribution >= 4 is 17.6 Å². The second-order valence-corrected chi connectivity index (χ2v) is 6.99.